The van der Waals surface area contributed by atoms with Gasteiger partial charge in [0.15, 0.2) is 0 Å². The molecule has 4 N–H and O–H groups in total. The van der Waals surface area contributed by atoms with Crippen molar-refractivity contribution in [3.8, 4) is 0 Å². The molecule has 0 spiro atoms. The maximum Gasteiger partial charge on any atom is 0.263 e. The average molecular weight is 456 g/mol. The summed E-state index contributed by atoms with van der Waals surface area (Å²) in [5.41, 5.74) is 10.6. The number of fused-ring (bicyclic) bond motifs is 1. The molecule has 1 aromatic carbocycles. The van der Waals surface area contributed by atoms with E-state index < -0.39 is 0 Å². The molecule has 1 aliphatic rings. The molecule has 0 radical (unpaired) electrons. The second kappa shape index (κ2) is 8.77. The average Bonchev–Trinajstić information content (AvgIpc) is 3.03. The SMILES string of the molecule is C=C1CN(c2ccc(CCNC(=O)c3sc4nc(C)ccc4c3N)cc2Cl)CC(C)N1. The number of nitrogens with one attached hydrogen (secondary N) is 2. The number of piperazine rings is 1. The number of nitrogens with two attached hydrogens (primary N) is 1. The van der Waals surface area contributed by atoms with Crippen LogP contribution in [0, 0.1) is 6.92 Å². The molecule has 1 amide bonds. The van der Waals surface area contributed by atoms with Gasteiger partial charge < -0.3 is 21.3 Å². The summed E-state index contributed by atoms with van der Waals surface area (Å²) >= 11 is 7.90. The van der Waals surface area contributed by atoms with Crippen molar-refractivity contribution in [3.05, 3.63) is 63.8 Å². The number of thiophene rings is 1. The first-order valence-electron chi connectivity index (χ1n) is 10.2. The first-order chi connectivity index (χ1) is 14.8. The minimum absolute atomic E-state index is 0.172. The summed E-state index contributed by atoms with van der Waals surface area (Å²) in [5, 5.41) is 7.84. The highest BCUT2D eigenvalue weighted by Crippen LogP contribution is 2.32. The molecule has 162 valence electrons. The van der Waals surface area contributed by atoms with Crippen molar-refractivity contribution in [2.24, 2.45) is 0 Å². The third-order valence-electron chi connectivity index (χ3n) is 5.32. The normalized spacial score (nSPS) is 16.4. The number of rotatable bonds is 5. The lowest BCUT2D eigenvalue weighted by atomic mass is 10.1. The first-order valence-corrected chi connectivity index (χ1v) is 11.4. The van der Waals surface area contributed by atoms with Crippen LogP contribution in [-0.4, -0.2) is 36.6 Å². The van der Waals surface area contributed by atoms with Crippen molar-refractivity contribution >= 4 is 50.4 Å². The van der Waals surface area contributed by atoms with Gasteiger partial charge in [0.2, 0.25) is 0 Å². The molecule has 4 rings (SSSR count). The zero-order chi connectivity index (χ0) is 22.1. The molecule has 2 aromatic heterocycles. The number of carbonyl (C=O) groups is 1. The van der Waals surface area contributed by atoms with Gasteiger partial charge in [-0.05, 0) is 50.1 Å². The van der Waals surface area contributed by atoms with Gasteiger partial charge in [0.1, 0.15) is 9.71 Å². The summed E-state index contributed by atoms with van der Waals surface area (Å²) in [7, 11) is 0. The van der Waals surface area contributed by atoms with Crippen LogP contribution < -0.4 is 21.3 Å². The number of pyridine rings is 1. The maximum atomic E-state index is 12.6. The van der Waals surface area contributed by atoms with Crippen LogP contribution in [0.15, 0.2) is 42.6 Å². The topological polar surface area (TPSA) is 83.3 Å². The van der Waals surface area contributed by atoms with Crippen LogP contribution in [0.5, 0.6) is 0 Å². The van der Waals surface area contributed by atoms with Crippen molar-refractivity contribution in [3.63, 3.8) is 0 Å². The molecular formula is C23H26ClN5OS. The Balaban J connectivity index is 1.38. The molecule has 0 aliphatic carbocycles. The summed E-state index contributed by atoms with van der Waals surface area (Å²) in [6, 6.07) is 10.2. The molecular weight excluding hydrogens is 430 g/mol. The van der Waals surface area contributed by atoms with E-state index in [1.165, 1.54) is 11.3 Å². The Morgan fingerprint density at radius 3 is 2.97 bits per heavy atom. The van der Waals surface area contributed by atoms with Crippen molar-refractivity contribution in [1.29, 1.82) is 0 Å². The van der Waals surface area contributed by atoms with E-state index in [2.05, 4.69) is 40.1 Å². The van der Waals surface area contributed by atoms with Crippen molar-refractivity contribution in [2.75, 3.05) is 30.3 Å². The number of nitrogen functional groups attached to an aromatic ring is 1. The van der Waals surface area contributed by atoms with Gasteiger partial charge in [0.05, 0.1) is 22.9 Å². The van der Waals surface area contributed by atoms with Gasteiger partial charge in [0, 0.05) is 35.9 Å². The predicted molar refractivity (Wildman–Crippen MR) is 130 cm³/mol. The van der Waals surface area contributed by atoms with Gasteiger partial charge in [-0.15, -0.1) is 11.3 Å². The highest BCUT2D eigenvalue weighted by atomic mass is 35.5. The minimum Gasteiger partial charge on any atom is -0.397 e. The molecule has 1 saturated heterocycles. The number of hydrogen-bond acceptors (Lipinski definition) is 6. The molecule has 0 bridgehead atoms. The number of amides is 1. The van der Waals surface area contributed by atoms with Crippen molar-refractivity contribution < 1.29 is 4.79 Å². The molecule has 6 nitrogen and oxygen atoms in total. The standard InChI is InChI=1S/C23H26ClN5OS/c1-13-4-6-17-20(25)21(31-23(17)28-13)22(30)26-9-8-16-5-7-19(18(24)10-16)29-11-14(2)27-15(3)12-29/h4-7,10,15,27H,2,8-9,11-12,25H2,1,3H3,(H,26,30). The summed E-state index contributed by atoms with van der Waals surface area (Å²) in [6.07, 6.45) is 0.679. The maximum absolute atomic E-state index is 12.6. The smallest absolute Gasteiger partial charge is 0.263 e. The van der Waals surface area contributed by atoms with E-state index in [-0.39, 0.29) is 5.91 Å². The Kier molecular flexibility index (Phi) is 6.07. The van der Waals surface area contributed by atoms with E-state index in [0.717, 1.165) is 45.9 Å². The third kappa shape index (κ3) is 4.62. The second-order valence-electron chi connectivity index (χ2n) is 7.97. The van der Waals surface area contributed by atoms with E-state index >= 15 is 0 Å². The van der Waals surface area contributed by atoms with Crippen LogP contribution in [0.3, 0.4) is 0 Å². The Hall–Kier alpha value is -2.77. The molecule has 1 fully saturated rings. The number of benzene rings is 1. The van der Waals surface area contributed by atoms with E-state index in [1.807, 2.05) is 31.2 Å². The van der Waals surface area contributed by atoms with E-state index in [0.29, 0.717) is 34.6 Å². The number of nitrogens with zero attached hydrogens (tertiary/aromatic N) is 2. The predicted octanol–water partition coefficient (Wildman–Crippen LogP) is 4.12. The van der Waals surface area contributed by atoms with Crippen LogP contribution in [0.1, 0.15) is 27.9 Å². The van der Waals surface area contributed by atoms with Crippen molar-refractivity contribution in [2.45, 2.75) is 26.3 Å². The molecule has 3 heterocycles. The van der Waals surface area contributed by atoms with Gasteiger partial charge in [-0.25, -0.2) is 4.98 Å². The number of halogens is 1. The Labute approximate surface area is 191 Å². The monoisotopic (exact) mass is 455 g/mol. The van der Waals surface area contributed by atoms with Gasteiger partial charge in [-0.2, -0.15) is 0 Å². The van der Waals surface area contributed by atoms with E-state index in [1.54, 1.807) is 0 Å². The number of aromatic nitrogens is 1. The Bertz CT molecular complexity index is 1160. The lowest BCUT2D eigenvalue weighted by molar-refractivity contribution is 0.0959. The molecule has 3 aromatic rings. The van der Waals surface area contributed by atoms with Crippen molar-refractivity contribution in [1.82, 2.24) is 15.6 Å². The van der Waals surface area contributed by atoms with Crippen LogP contribution in [0.2, 0.25) is 5.02 Å². The summed E-state index contributed by atoms with van der Waals surface area (Å²) < 4.78 is 0. The first kappa shape index (κ1) is 21.5. The third-order valence-corrected chi connectivity index (χ3v) is 6.73. The summed E-state index contributed by atoms with van der Waals surface area (Å²) in [4.78, 5) is 20.6. The van der Waals surface area contributed by atoms with Crippen LogP contribution in [0.4, 0.5) is 11.4 Å². The van der Waals surface area contributed by atoms with Gasteiger partial charge in [0.25, 0.3) is 5.91 Å². The van der Waals surface area contributed by atoms with E-state index in [4.69, 9.17) is 17.3 Å². The highest BCUT2D eigenvalue weighted by Gasteiger charge is 2.20. The molecule has 1 unspecified atom stereocenters. The van der Waals surface area contributed by atoms with E-state index in [9.17, 15) is 4.79 Å². The number of carbonyl (C=O) groups excluding carboxylic acids is 1. The Morgan fingerprint density at radius 1 is 1.42 bits per heavy atom. The second-order valence-corrected chi connectivity index (χ2v) is 9.38. The van der Waals surface area contributed by atoms with Gasteiger partial charge in [-0.3, -0.25) is 4.79 Å². The minimum atomic E-state index is -0.172. The van der Waals surface area contributed by atoms with Gasteiger partial charge in [-0.1, -0.05) is 24.2 Å². The quantitative estimate of drug-likeness (QED) is 0.539. The number of aryl methyl sites for hydroxylation is 1. The molecule has 31 heavy (non-hydrogen) atoms. The molecule has 0 saturated carbocycles. The lowest BCUT2D eigenvalue weighted by Gasteiger charge is -2.36. The fourth-order valence-corrected chi connectivity index (χ4v) is 5.25. The molecule has 1 atom stereocenters. The van der Waals surface area contributed by atoms with Crippen LogP contribution in [0.25, 0.3) is 10.2 Å². The zero-order valence-electron chi connectivity index (χ0n) is 17.7. The Morgan fingerprint density at radius 2 is 2.23 bits per heavy atom. The zero-order valence-corrected chi connectivity index (χ0v) is 19.2. The number of anilines is 2. The van der Waals surface area contributed by atoms with Crippen LogP contribution >= 0.6 is 22.9 Å². The molecule has 1 aliphatic heterocycles. The molecule has 8 heteroatoms. The largest absolute Gasteiger partial charge is 0.397 e. The lowest BCUT2D eigenvalue weighted by Crippen LogP contribution is -2.47. The van der Waals surface area contributed by atoms with Gasteiger partial charge >= 0.3 is 0 Å². The summed E-state index contributed by atoms with van der Waals surface area (Å²) in [6.45, 7) is 10.2. The number of hydrogen-bond donors (Lipinski definition) is 3. The summed E-state index contributed by atoms with van der Waals surface area (Å²) in [5.74, 6) is -0.172. The highest BCUT2D eigenvalue weighted by molar-refractivity contribution is 7.21. The fraction of sp³-hybridized carbons (Fsp3) is 0.304. The fourth-order valence-electron chi connectivity index (χ4n) is 3.87. The van der Waals surface area contributed by atoms with Crippen LogP contribution in [-0.2, 0) is 6.42 Å².